The van der Waals surface area contributed by atoms with Crippen molar-refractivity contribution in [3.05, 3.63) is 60.0 Å². The van der Waals surface area contributed by atoms with Crippen LogP contribution in [0.2, 0.25) is 0 Å². The summed E-state index contributed by atoms with van der Waals surface area (Å²) in [7, 11) is 1.50. The molecule has 4 rings (SSSR count). The monoisotopic (exact) mass is 377 g/mol. The molecule has 7 nitrogen and oxygen atoms in total. The van der Waals surface area contributed by atoms with Crippen molar-refractivity contribution in [2.75, 3.05) is 12.4 Å². The number of ether oxygens (including phenoxy) is 1. The fraction of sp³-hybridized carbons (Fsp3) is 0.105. The summed E-state index contributed by atoms with van der Waals surface area (Å²) in [5, 5.41) is 12.2. The molecule has 3 heterocycles. The first-order valence-corrected chi connectivity index (χ1v) is 8.97. The van der Waals surface area contributed by atoms with Gasteiger partial charge < -0.3 is 4.74 Å². The minimum absolute atomic E-state index is 0.316. The Morgan fingerprint density at radius 1 is 1.11 bits per heavy atom. The Labute approximate surface area is 159 Å². The third-order valence-electron chi connectivity index (χ3n) is 4.01. The van der Waals surface area contributed by atoms with Crippen molar-refractivity contribution in [1.29, 1.82) is 0 Å². The maximum Gasteiger partial charge on any atom is 0.295 e. The van der Waals surface area contributed by atoms with E-state index in [1.54, 1.807) is 12.4 Å². The van der Waals surface area contributed by atoms with Crippen LogP contribution in [0.1, 0.15) is 16.1 Å². The van der Waals surface area contributed by atoms with Crippen LogP contribution in [-0.2, 0) is 0 Å². The Hall–Kier alpha value is -3.39. The van der Waals surface area contributed by atoms with Crippen LogP contribution in [0, 0.1) is 6.92 Å². The van der Waals surface area contributed by atoms with E-state index in [9.17, 15) is 4.79 Å². The summed E-state index contributed by atoms with van der Waals surface area (Å²) in [6.45, 7) is 1.89. The summed E-state index contributed by atoms with van der Waals surface area (Å²) in [6, 6.07) is 11.7. The highest BCUT2D eigenvalue weighted by Crippen LogP contribution is 2.31. The van der Waals surface area contributed by atoms with E-state index in [0.29, 0.717) is 15.9 Å². The van der Waals surface area contributed by atoms with Gasteiger partial charge in [-0.05, 0) is 36.0 Å². The van der Waals surface area contributed by atoms with Crippen LogP contribution < -0.4 is 10.1 Å². The van der Waals surface area contributed by atoms with E-state index >= 15 is 0 Å². The van der Waals surface area contributed by atoms with Crippen LogP contribution in [0.4, 0.5) is 5.13 Å². The minimum atomic E-state index is -0.316. The predicted octanol–water partition coefficient (Wildman–Crippen LogP) is 3.72. The normalized spacial score (nSPS) is 10.7. The van der Waals surface area contributed by atoms with Crippen molar-refractivity contribution in [3.63, 3.8) is 0 Å². The lowest BCUT2D eigenvalue weighted by Crippen LogP contribution is -2.14. The summed E-state index contributed by atoms with van der Waals surface area (Å²) in [6.07, 6.45) is 3.31. The summed E-state index contributed by atoms with van der Waals surface area (Å²) in [5.74, 6) is -0.316. The summed E-state index contributed by atoms with van der Waals surface area (Å²) in [5.41, 5.74) is 3.72. The molecule has 3 aromatic heterocycles. The summed E-state index contributed by atoms with van der Waals surface area (Å²) in [4.78, 5) is 21.7. The molecule has 134 valence electrons. The number of nitrogens with zero attached hydrogens (tertiary/aromatic N) is 4. The van der Waals surface area contributed by atoms with Crippen LogP contribution in [0.25, 0.3) is 22.0 Å². The second kappa shape index (κ2) is 7.08. The van der Waals surface area contributed by atoms with Gasteiger partial charge in [0.2, 0.25) is 5.13 Å². The van der Waals surface area contributed by atoms with Gasteiger partial charge in [0.05, 0.1) is 18.2 Å². The molecule has 0 fully saturated rings. The molecule has 0 atom stereocenters. The molecule has 0 radical (unpaired) electrons. The molecule has 0 aliphatic heterocycles. The number of carbonyl (C=O) groups excluding carboxylic acids is 1. The number of fused-ring (bicyclic) bond motifs is 1. The van der Waals surface area contributed by atoms with Crippen LogP contribution in [0.15, 0.2) is 48.8 Å². The lowest BCUT2D eigenvalue weighted by Gasteiger charge is -2.11. The second-order valence-corrected chi connectivity index (χ2v) is 6.72. The van der Waals surface area contributed by atoms with Gasteiger partial charge in [-0.25, -0.2) is 0 Å². The summed E-state index contributed by atoms with van der Waals surface area (Å²) < 4.78 is 5.01. The number of pyridine rings is 2. The molecular formula is C19H15N5O2S. The van der Waals surface area contributed by atoms with Crippen molar-refractivity contribution in [1.82, 2.24) is 20.2 Å². The van der Waals surface area contributed by atoms with Gasteiger partial charge in [-0.1, -0.05) is 29.4 Å². The first-order valence-electron chi connectivity index (χ1n) is 8.15. The number of methoxy groups -OCH3 is 1. The third-order valence-corrected chi connectivity index (χ3v) is 4.81. The molecule has 0 saturated heterocycles. The van der Waals surface area contributed by atoms with Gasteiger partial charge in [-0.2, -0.15) is 0 Å². The van der Waals surface area contributed by atoms with Crippen LogP contribution in [0.5, 0.6) is 5.19 Å². The van der Waals surface area contributed by atoms with Gasteiger partial charge in [0.25, 0.3) is 11.1 Å². The van der Waals surface area contributed by atoms with E-state index < -0.39 is 0 Å². The first kappa shape index (κ1) is 17.0. The molecule has 0 unspecified atom stereocenters. The highest BCUT2D eigenvalue weighted by atomic mass is 32.1. The number of nitrogens with one attached hydrogen (secondary N) is 1. The van der Waals surface area contributed by atoms with E-state index in [0.717, 1.165) is 39.1 Å². The van der Waals surface area contributed by atoms with Gasteiger partial charge in [0.1, 0.15) is 0 Å². The number of benzene rings is 1. The molecule has 1 amide bonds. The zero-order valence-electron chi connectivity index (χ0n) is 14.6. The predicted molar refractivity (Wildman–Crippen MR) is 104 cm³/mol. The van der Waals surface area contributed by atoms with Gasteiger partial charge in [0, 0.05) is 29.0 Å². The first-order chi connectivity index (χ1) is 13.2. The number of anilines is 1. The number of hydrogen-bond donors (Lipinski definition) is 1. The number of carbonyl (C=O) groups is 1. The molecule has 1 aromatic carbocycles. The Morgan fingerprint density at radius 2 is 1.96 bits per heavy atom. The molecule has 27 heavy (non-hydrogen) atoms. The lowest BCUT2D eigenvalue weighted by atomic mass is 9.97. The quantitative estimate of drug-likeness (QED) is 0.583. The van der Waals surface area contributed by atoms with Gasteiger partial charge >= 0.3 is 0 Å². The van der Waals surface area contributed by atoms with Gasteiger partial charge in [0.15, 0.2) is 0 Å². The van der Waals surface area contributed by atoms with Gasteiger partial charge in [-0.15, -0.1) is 5.10 Å². The Balaban J connectivity index is 1.79. The van der Waals surface area contributed by atoms with E-state index in [1.807, 2.05) is 43.3 Å². The number of hydrogen-bond acceptors (Lipinski definition) is 7. The zero-order valence-corrected chi connectivity index (χ0v) is 15.4. The summed E-state index contributed by atoms with van der Waals surface area (Å²) >= 11 is 1.15. The van der Waals surface area contributed by atoms with Crippen molar-refractivity contribution in [3.8, 4) is 16.3 Å². The Bertz CT molecular complexity index is 1140. The number of amides is 1. The van der Waals surface area contributed by atoms with Crippen molar-refractivity contribution < 1.29 is 9.53 Å². The molecule has 1 N–H and O–H groups in total. The topological polar surface area (TPSA) is 89.9 Å². The molecule has 0 aliphatic carbocycles. The maximum absolute atomic E-state index is 12.9. The third kappa shape index (κ3) is 3.34. The van der Waals surface area contributed by atoms with Crippen LogP contribution in [0.3, 0.4) is 0 Å². The largest absolute Gasteiger partial charge is 0.472 e. The molecule has 0 bridgehead atoms. The van der Waals surface area contributed by atoms with E-state index in [4.69, 9.17) is 4.74 Å². The average Bonchev–Trinajstić information content (AvgIpc) is 3.15. The lowest BCUT2D eigenvalue weighted by molar-refractivity contribution is 0.102. The van der Waals surface area contributed by atoms with Crippen molar-refractivity contribution >= 4 is 33.3 Å². The van der Waals surface area contributed by atoms with E-state index in [2.05, 4.69) is 25.5 Å². The standard InChI is InChI=1S/C19H15N5O2S/c1-11-9-14(13-7-3-5-12-6-4-8-20-16(12)13)15(10-21-11)17(25)22-18-23-24-19(26-2)27-18/h3-10H,1-2H3,(H,22,23,25). The van der Waals surface area contributed by atoms with Crippen LogP contribution in [-0.4, -0.2) is 33.2 Å². The fourth-order valence-electron chi connectivity index (χ4n) is 2.79. The Kier molecular flexibility index (Phi) is 4.47. The highest BCUT2D eigenvalue weighted by Gasteiger charge is 2.18. The molecule has 8 heteroatoms. The highest BCUT2D eigenvalue weighted by molar-refractivity contribution is 7.17. The Morgan fingerprint density at radius 3 is 2.78 bits per heavy atom. The average molecular weight is 377 g/mol. The maximum atomic E-state index is 12.9. The molecule has 0 spiro atoms. The molecule has 4 aromatic rings. The van der Waals surface area contributed by atoms with E-state index in [-0.39, 0.29) is 5.91 Å². The fourth-order valence-corrected chi connectivity index (χ4v) is 3.35. The number of aryl methyl sites for hydroxylation is 1. The van der Waals surface area contributed by atoms with Crippen molar-refractivity contribution in [2.24, 2.45) is 0 Å². The number of para-hydroxylation sites is 1. The molecule has 0 saturated carbocycles. The second-order valence-electron chi connectivity index (χ2n) is 5.78. The van der Waals surface area contributed by atoms with Crippen molar-refractivity contribution in [2.45, 2.75) is 6.92 Å². The number of aromatic nitrogens is 4. The number of rotatable bonds is 4. The van der Waals surface area contributed by atoms with Gasteiger partial charge in [-0.3, -0.25) is 20.1 Å². The SMILES string of the molecule is COc1nnc(NC(=O)c2cnc(C)cc2-c2cccc3cccnc23)s1. The molecule has 0 aliphatic rings. The van der Waals surface area contributed by atoms with Crippen LogP contribution >= 0.6 is 11.3 Å². The smallest absolute Gasteiger partial charge is 0.295 e. The molecular weight excluding hydrogens is 362 g/mol. The zero-order chi connectivity index (χ0) is 18.8. The minimum Gasteiger partial charge on any atom is -0.472 e. The van der Waals surface area contributed by atoms with E-state index in [1.165, 1.54) is 7.11 Å².